The molecule has 0 bridgehead atoms. The molecule has 0 heterocycles. The Bertz CT molecular complexity index is 118. The van der Waals surface area contributed by atoms with E-state index in [9.17, 15) is 4.79 Å². The van der Waals surface area contributed by atoms with E-state index in [1.807, 2.05) is 0 Å². The van der Waals surface area contributed by atoms with Gasteiger partial charge in [-0.05, 0) is 0 Å². The van der Waals surface area contributed by atoms with Crippen LogP contribution in [-0.4, -0.2) is 17.0 Å². The Morgan fingerprint density at radius 2 is 1.70 bits per heavy atom. The van der Waals surface area contributed by atoms with Crippen molar-refractivity contribution in [2.75, 3.05) is 5.88 Å². The summed E-state index contributed by atoms with van der Waals surface area (Å²) in [5.74, 6) is -1.29. The third-order valence-corrected chi connectivity index (χ3v) is 1.09. The lowest BCUT2D eigenvalue weighted by Crippen LogP contribution is -1.92. The second-order valence-electron chi connectivity index (χ2n) is 0.926. The molecule has 0 aromatic heterocycles. The Kier molecular flexibility index (Phi) is 12.2. The lowest BCUT2D eigenvalue weighted by atomic mass is 10.8. The molecule has 0 aromatic rings. The predicted octanol–water partition coefficient (Wildman–Crippen LogP) is 2.81. The molecule has 2 nitrogen and oxygen atoms in total. The smallest absolute Gasteiger partial charge is 0.318 e. The molecule has 1 N–H and O–H groups in total. The average molecular weight is 226 g/mol. The highest BCUT2D eigenvalue weighted by Crippen LogP contribution is 2.05. The van der Waals surface area contributed by atoms with Gasteiger partial charge < -0.3 is 5.11 Å². The summed E-state index contributed by atoms with van der Waals surface area (Å²) >= 11 is 19.6. The summed E-state index contributed by atoms with van der Waals surface area (Å²) in [7, 11) is 0. The van der Waals surface area contributed by atoms with Crippen LogP contribution in [0.25, 0.3) is 0 Å². The molecule has 0 saturated heterocycles. The van der Waals surface area contributed by atoms with E-state index in [4.69, 9.17) is 51.5 Å². The highest BCUT2D eigenvalue weighted by atomic mass is 35.5. The topological polar surface area (TPSA) is 37.3 Å². The lowest BCUT2D eigenvalue weighted by molar-refractivity contribution is -0.134. The van der Waals surface area contributed by atoms with Gasteiger partial charge in [-0.1, -0.05) is 34.8 Å². The van der Waals surface area contributed by atoms with Gasteiger partial charge in [0.05, 0.1) is 0 Å². The maximum Gasteiger partial charge on any atom is 0.318 e. The Morgan fingerprint density at radius 1 is 1.50 bits per heavy atom. The zero-order chi connectivity index (χ0) is 8.57. The molecule has 60 valence electrons. The van der Waals surface area contributed by atoms with Crippen molar-refractivity contribution in [2.24, 2.45) is 0 Å². The number of alkyl halides is 1. The van der Waals surface area contributed by atoms with Crippen LogP contribution in [0.2, 0.25) is 0 Å². The van der Waals surface area contributed by atoms with Gasteiger partial charge in [-0.2, -0.15) is 0 Å². The zero-order valence-corrected chi connectivity index (χ0v) is 7.68. The van der Waals surface area contributed by atoms with Gasteiger partial charge >= 0.3 is 5.97 Å². The zero-order valence-electron chi connectivity index (χ0n) is 4.65. The van der Waals surface area contributed by atoms with Gasteiger partial charge in [0.25, 0.3) is 0 Å². The first kappa shape index (κ1) is 13.0. The van der Waals surface area contributed by atoms with Crippen LogP contribution in [0.5, 0.6) is 0 Å². The maximum atomic E-state index is 9.24. The first-order valence-corrected chi connectivity index (χ1v) is 3.66. The summed E-state index contributed by atoms with van der Waals surface area (Å²) in [6, 6.07) is 0. The predicted molar refractivity (Wildman–Crippen MR) is 44.0 cm³/mol. The van der Waals surface area contributed by atoms with Crippen molar-refractivity contribution >= 4 is 52.4 Å². The Balaban J connectivity index is 0. The standard InChI is InChI=1S/C2HCl3.C2H3ClO2/c2*3-1-2(4)5/h1H;1H2,(H,4,5). The number of carbonyl (C=O) groups is 1. The monoisotopic (exact) mass is 224 g/mol. The molecule has 0 atom stereocenters. The van der Waals surface area contributed by atoms with E-state index in [-0.39, 0.29) is 10.4 Å². The lowest BCUT2D eigenvalue weighted by Gasteiger charge is -1.69. The van der Waals surface area contributed by atoms with E-state index in [2.05, 4.69) is 0 Å². The highest BCUT2D eigenvalue weighted by Gasteiger charge is 1.83. The molecule has 0 spiro atoms. The molecule has 6 heteroatoms. The molecule has 0 saturated carbocycles. The molecule has 0 aliphatic carbocycles. The van der Waals surface area contributed by atoms with Gasteiger partial charge in [0, 0.05) is 5.54 Å². The number of rotatable bonds is 1. The number of aliphatic carboxylic acids is 1. The van der Waals surface area contributed by atoms with E-state index in [0.717, 1.165) is 5.54 Å². The van der Waals surface area contributed by atoms with Crippen molar-refractivity contribution < 1.29 is 9.90 Å². The Hall–Kier alpha value is 0.370. The maximum absolute atomic E-state index is 9.24. The third-order valence-electron chi connectivity index (χ3n) is 0.197. The van der Waals surface area contributed by atoms with E-state index in [1.54, 1.807) is 0 Å². The van der Waals surface area contributed by atoms with Crippen molar-refractivity contribution in [1.82, 2.24) is 0 Å². The molecule has 0 amide bonds. The summed E-state index contributed by atoms with van der Waals surface area (Å²) < 4.78 is 0.0895. The fourth-order valence-corrected chi connectivity index (χ4v) is 0. The second kappa shape index (κ2) is 9.37. The minimum absolute atomic E-state index is 0.0895. The minimum atomic E-state index is -0.980. The first-order chi connectivity index (χ1) is 4.54. The quantitative estimate of drug-likeness (QED) is 0.697. The SMILES string of the molecule is ClC=C(Cl)Cl.O=C(O)CCl. The molecule has 0 fully saturated rings. The van der Waals surface area contributed by atoms with Crippen LogP contribution in [0, 0.1) is 0 Å². The second-order valence-corrected chi connectivity index (χ2v) is 2.42. The fourth-order valence-electron chi connectivity index (χ4n) is 0. The molecule has 0 aliphatic rings. The van der Waals surface area contributed by atoms with E-state index < -0.39 is 5.97 Å². The summed E-state index contributed by atoms with van der Waals surface area (Å²) in [4.78, 5) is 9.24. The van der Waals surface area contributed by atoms with Crippen molar-refractivity contribution in [3.05, 3.63) is 10.0 Å². The third kappa shape index (κ3) is 23.8. The average Bonchev–Trinajstić information content (AvgIpc) is 1.89. The van der Waals surface area contributed by atoms with E-state index >= 15 is 0 Å². The van der Waals surface area contributed by atoms with Gasteiger partial charge in [0.1, 0.15) is 10.4 Å². The molecule has 0 radical (unpaired) electrons. The largest absolute Gasteiger partial charge is 0.480 e. The molecule has 0 aliphatic heterocycles. The number of carboxylic acids is 1. The molecule has 0 unspecified atom stereocenters. The van der Waals surface area contributed by atoms with Crippen LogP contribution >= 0.6 is 46.4 Å². The number of carboxylic acid groups (broad SMARTS) is 1. The van der Waals surface area contributed by atoms with Gasteiger partial charge in [-0.25, -0.2) is 0 Å². The van der Waals surface area contributed by atoms with Crippen LogP contribution in [0.1, 0.15) is 0 Å². The van der Waals surface area contributed by atoms with Crippen molar-refractivity contribution in [3.8, 4) is 0 Å². The molecular weight excluding hydrogens is 222 g/mol. The van der Waals surface area contributed by atoms with Crippen LogP contribution in [0.3, 0.4) is 0 Å². The first-order valence-electron chi connectivity index (χ1n) is 1.93. The van der Waals surface area contributed by atoms with Crippen molar-refractivity contribution in [2.45, 2.75) is 0 Å². The summed E-state index contributed by atoms with van der Waals surface area (Å²) in [5.41, 5.74) is 1.09. The summed E-state index contributed by atoms with van der Waals surface area (Å²) in [5, 5.41) is 7.59. The van der Waals surface area contributed by atoms with Crippen LogP contribution in [0.4, 0.5) is 0 Å². The van der Waals surface area contributed by atoms with Gasteiger partial charge in [0.2, 0.25) is 0 Å². The number of halogens is 4. The summed E-state index contributed by atoms with van der Waals surface area (Å²) in [6.07, 6.45) is 0. The minimum Gasteiger partial charge on any atom is -0.480 e. The van der Waals surface area contributed by atoms with Crippen LogP contribution in [0.15, 0.2) is 10.0 Å². The van der Waals surface area contributed by atoms with Crippen molar-refractivity contribution in [3.63, 3.8) is 0 Å². The van der Waals surface area contributed by atoms with Crippen molar-refractivity contribution in [1.29, 1.82) is 0 Å². The van der Waals surface area contributed by atoms with Gasteiger partial charge in [-0.15, -0.1) is 11.6 Å². The molecule has 0 aromatic carbocycles. The summed E-state index contributed by atoms with van der Waals surface area (Å²) in [6.45, 7) is 0. The van der Waals surface area contributed by atoms with E-state index in [1.165, 1.54) is 0 Å². The van der Waals surface area contributed by atoms with Crippen LogP contribution < -0.4 is 0 Å². The molecule has 10 heavy (non-hydrogen) atoms. The van der Waals surface area contributed by atoms with Gasteiger partial charge in [-0.3, -0.25) is 4.79 Å². The Morgan fingerprint density at radius 3 is 1.70 bits per heavy atom. The molecular formula is C4H4Cl4O2. The highest BCUT2D eigenvalue weighted by molar-refractivity contribution is 6.58. The normalized spacial score (nSPS) is 7.20. The van der Waals surface area contributed by atoms with Gasteiger partial charge in [0.15, 0.2) is 0 Å². The van der Waals surface area contributed by atoms with Crippen LogP contribution in [-0.2, 0) is 4.79 Å². The number of hydrogen-bond donors (Lipinski definition) is 1. The fraction of sp³-hybridized carbons (Fsp3) is 0.250. The number of hydrogen-bond acceptors (Lipinski definition) is 1. The van der Waals surface area contributed by atoms with E-state index in [0.29, 0.717) is 0 Å². The Labute approximate surface area is 78.3 Å². The molecule has 0 rings (SSSR count).